The van der Waals surface area contributed by atoms with Gasteiger partial charge >= 0.3 is 0 Å². The van der Waals surface area contributed by atoms with Crippen LogP contribution in [0.25, 0.3) is 10.2 Å². The summed E-state index contributed by atoms with van der Waals surface area (Å²) in [6, 6.07) is 5.47. The number of thiazole rings is 1. The lowest BCUT2D eigenvalue weighted by molar-refractivity contribution is -0.117. The third-order valence-electron chi connectivity index (χ3n) is 3.00. The van der Waals surface area contributed by atoms with E-state index in [4.69, 9.17) is 5.73 Å². The average molecular weight is 308 g/mol. The van der Waals surface area contributed by atoms with Crippen LogP contribution in [0.1, 0.15) is 13.3 Å². The van der Waals surface area contributed by atoms with E-state index in [0.717, 1.165) is 10.2 Å². The molecule has 1 heterocycles. The molecule has 0 aliphatic carbocycles. The molecule has 0 saturated carbocycles. The minimum atomic E-state index is -0.356. The monoisotopic (exact) mass is 308 g/mol. The molecule has 0 bridgehead atoms. The van der Waals surface area contributed by atoms with Crippen molar-refractivity contribution < 1.29 is 9.90 Å². The fourth-order valence-electron chi connectivity index (χ4n) is 1.88. The second kappa shape index (κ2) is 6.84. The number of rotatable bonds is 6. The van der Waals surface area contributed by atoms with Crippen LogP contribution in [0.2, 0.25) is 0 Å². The average Bonchev–Trinajstić information content (AvgIpc) is 2.77. The molecule has 1 unspecified atom stereocenters. The number of carbonyl (C=O) groups excluding carboxylic acids is 1. The summed E-state index contributed by atoms with van der Waals surface area (Å²) in [6.45, 7) is 2.67. The molecule has 21 heavy (non-hydrogen) atoms. The number of aromatic nitrogens is 1. The number of anilines is 2. The first-order chi connectivity index (χ1) is 9.94. The summed E-state index contributed by atoms with van der Waals surface area (Å²) in [5.74, 6) is -0.116. The smallest absolute Gasteiger partial charge is 0.240 e. The quantitative estimate of drug-likeness (QED) is 0.704. The molecule has 1 aromatic heterocycles. The van der Waals surface area contributed by atoms with E-state index in [1.165, 1.54) is 11.3 Å². The largest absolute Gasteiger partial charge is 0.399 e. The molecule has 0 spiro atoms. The summed E-state index contributed by atoms with van der Waals surface area (Å²) >= 11 is 1.40. The zero-order chi connectivity index (χ0) is 15.4. The molecule has 2 aromatic rings. The number of aliphatic hydroxyl groups is 1. The molecule has 7 heteroatoms. The van der Waals surface area contributed by atoms with Crippen molar-refractivity contribution >= 4 is 38.3 Å². The summed E-state index contributed by atoms with van der Waals surface area (Å²) in [5, 5.41) is 12.6. The third-order valence-corrected chi connectivity index (χ3v) is 3.93. The van der Waals surface area contributed by atoms with Gasteiger partial charge in [-0.1, -0.05) is 11.3 Å². The minimum absolute atomic E-state index is 0.116. The Hall–Kier alpha value is -1.70. The second-order valence-electron chi connectivity index (χ2n) is 5.17. The van der Waals surface area contributed by atoms with Crippen LogP contribution in [-0.2, 0) is 4.79 Å². The maximum Gasteiger partial charge on any atom is 0.240 e. The highest BCUT2D eigenvalue weighted by Gasteiger charge is 2.11. The van der Waals surface area contributed by atoms with Crippen LogP contribution in [0, 0.1) is 0 Å². The van der Waals surface area contributed by atoms with E-state index in [2.05, 4.69) is 10.3 Å². The van der Waals surface area contributed by atoms with Gasteiger partial charge in [-0.25, -0.2) is 4.98 Å². The lowest BCUT2D eigenvalue weighted by atomic mass is 10.3. The molecule has 6 nitrogen and oxygen atoms in total. The van der Waals surface area contributed by atoms with Gasteiger partial charge in [-0.3, -0.25) is 9.69 Å². The molecule has 0 aliphatic rings. The maximum atomic E-state index is 11.9. The lowest BCUT2D eigenvalue weighted by Gasteiger charge is -2.16. The minimum Gasteiger partial charge on any atom is -0.399 e. The van der Waals surface area contributed by atoms with Gasteiger partial charge in [0.25, 0.3) is 0 Å². The Balaban J connectivity index is 1.92. The van der Waals surface area contributed by atoms with Gasteiger partial charge in [0.15, 0.2) is 5.13 Å². The Kier molecular flexibility index (Phi) is 5.11. The van der Waals surface area contributed by atoms with Crippen LogP contribution in [0.3, 0.4) is 0 Å². The Bertz CT molecular complexity index is 626. The van der Waals surface area contributed by atoms with Gasteiger partial charge < -0.3 is 16.2 Å². The lowest BCUT2D eigenvalue weighted by Crippen LogP contribution is -2.31. The van der Waals surface area contributed by atoms with E-state index in [-0.39, 0.29) is 18.6 Å². The zero-order valence-corrected chi connectivity index (χ0v) is 13.0. The molecule has 1 atom stereocenters. The summed E-state index contributed by atoms with van der Waals surface area (Å²) in [4.78, 5) is 18.2. The number of aliphatic hydroxyl groups excluding tert-OH is 1. The van der Waals surface area contributed by atoms with Crippen LogP contribution in [0.5, 0.6) is 0 Å². The molecular weight excluding hydrogens is 288 g/mol. The predicted octanol–water partition coefficient (Wildman–Crippen LogP) is 1.52. The third kappa shape index (κ3) is 4.66. The highest BCUT2D eigenvalue weighted by molar-refractivity contribution is 7.22. The number of nitrogens with zero attached hydrogens (tertiary/aromatic N) is 2. The van der Waals surface area contributed by atoms with Crippen molar-refractivity contribution in [2.45, 2.75) is 19.4 Å². The van der Waals surface area contributed by atoms with Gasteiger partial charge in [-0.05, 0) is 38.6 Å². The maximum absolute atomic E-state index is 11.9. The molecule has 1 aromatic carbocycles. The Morgan fingerprint density at radius 2 is 2.33 bits per heavy atom. The van der Waals surface area contributed by atoms with Crippen molar-refractivity contribution in [2.24, 2.45) is 0 Å². The SMILES string of the molecule is CC(O)CCN(C)CC(=O)Nc1nc2ccc(N)cc2s1. The topological polar surface area (TPSA) is 91.5 Å². The van der Waals surface area contributed by atoms with Crippen LogP contribution in [0.4, 0.5) is 10.8 Å². The van der Waals surface area contributed by atoms with Gasteiger partial charge in [-0.2, -0.15) is 0 Å². The fraction of sp³-hybridized carbons (Fsp3) is 0.429. The molecular formula is C14H20N4O2S. The van der Waals surface area contributed by atoms with E-state index in [0.29, 0.717) is 23.8 Å². The van der Waals surface area contributed by atoms with E-state index >= 15 is 0 Å². The predicted molar refractivity (Wildman–Crippen MR) is 86.5 cm³/mol. The van der Waals surface area contributed by atoms with Crippen molar-refractivity contribution in [3.8, 4) is 0 Å². The number of amides is 1. The standard InChI is InChI=1S/C14H20N4O2S/c1-9(19)5-6-18(2)8-13(20)17-14-16-11-4-3-10(15)7-12(11)21-14/h3-4,7,9,19H,5-6,8,15H2,1-2H3,(H,16,17,20). The number of carbonyl (C=O) groups is 1. The fourth-order valence-corrected chi connectivity index (χ4v) is 2.82. The molecule has 1 amide bonds. The number of hydrogen-bond acceptors (Lipinski definition) is 6. The van der Waals surface area contributed by atoms with Crippen LogP contribution >= 0.6 is 11.3 Å². The number of nitrogens with two attached hydrogens (primary N) is 1. The summed E-state index contributed by atoms with van der Waals surface area (Å²) in [6.07, 6.45) is 0.287. The molecule has 4 N–H and O–H groups in total. The summed E-state index contributed by atoms with van der Waals surface area (Å²) < 4.78 is 0.952. The van der Waals surface area contributed by atoms with Gasteiger partial charge in [0.2, 0.25) is 5.91 Å². The van der Waals surface area contributed by atoms with Crippen LogP contribution < -0.4 is 11.1 Å². The van der Waals surface area contributed by atoms with Crippen molar-refractivity contribution in [3.63, 3.8) is 0 Å². The Morgan fingerprint density at radius 1 is 1.57 bits per heavy atom. The first-order valence-corrected chi connectivity index (χ1v) is 7.58. The van der Waals surface area contributed by atoms with E-state index in [1.807, 2.05) is 24.1 Å². The van der Waals surface area contributed by atoms with E-state index in [1.54, 1.807) is 13.0 Å². The van der Waals surface area contributed by atoms with Crippen LogP contribution in [-0.4, -0.2) is 47.1 Å². The molecule has 0 fully saturated rings. The number of likely N-dealkylation sites (N-methyl/N-ethyl adjacent to an activating group) is 1. The van der Waals surface area contributed by atoms with Crippen molar-refractivity contribution in [2.75, 3.05) is 31.2 Å². The van der Waals surface area contributed by atoms with Crippen molar-refractivity contribution in [1.29, 1.82) is 0 Å². The number of nitrogens with one attached hydrogen (secondary N) is 1. The summed E-state index contributed by atoms with van der Waals surface area (Å²) in [5.41, 5.74) is 7.23. The molecule has 114 valence electrons. The van der Waals surface area contributed by atoms with Gasteiger partial charge in [-0.15, -0.1) is 0 Å². The number of fused-ring (bicyclic) bond motifs is 1. The highest BCUT2D eigenvalue weighted by atomic mass is 32.1. The highest BCUT2D eigenvalue weighted by Crippen LogP contribution is 2.27. The Morgan fingerprint density at radius 3 is 3.05 bits per heavy atom. The first-order valence-electron chi connectivity index (χ1n) is 6.76. The Labute approximate surface area is 127 Å². The first kappa shape index (κ1) is 15.7. The molecule has 0 aliphatic heterocycles. The summed E-state index contributed by atoms with van der Waals surface area (Å²) in [7, 11) is 1.85. The van der Waals surface area contributed by atoms with E-state index in [9.17, 15) is 9.90 Å². The van der Waals surface area contributed by atoms with Crippen LogP contribution in [0.15, 0.2) is 18.2 Å². The van der Waals surface area contributed by atoms with Gasteiger partial charge in [0.05, 0.1) is 22.9 Å². The van der Waals surface area contributed by atoms with Gasteiger partial charge in [0.1, 0.15) is 0 Å². The molecule has 0 saturated heterocycles. The number of hydrogen-bond donors (Lipinski definition) is 3. The van der Waals surface area contributed by atoms with Gasteiger partial charge in [0, 0.05) is 12.2 Å². The molecule has 2 rings (SSSR count). The zero-order valence-electron chi connectivity index (χ0n) is 12.2. The number of nitrogen functional groups attached to an aromatic ring is 1. The second-order valence-corrected chi connectivity index (χ2v) is 6.20. The van der Waals surface area contributed by atoms with Crippen molar-refractivity contribution in [1.82, 2.24) is 9.88 Å². The number of benzene rings is 1. The molecule has 0 radical (unpaired) electrons. The van der Waals surface area contributed by atoms with Crippen molar-refractivity contribution in [3.05, 3.63) is 18.2 Å². The normalized spacial score (nSPS) is 12.8. The van der Waals surface area contributed by atoms with E-state index < -0.39 is 0 Å².